The minimum atomic E-state index is -0.400. The number of hydrogen-bond donors (Lipinski definition) is 0. The van der Waals surface area contributed by atoms with Crippen LogP contribution in [0.4, 0.5) is 0 Å². The third-order valence-corrected chi connectivity index (χ3v) is 3.68. The normalized spacial score (nSPS) is 10.8. The molecule has 0 heterocycles. The van der Waals surface area contributed by atoms with Crippen LogP contribution in [0.1, 0.15) is 21.5 Å². The minimum Gasteiger partial charge on any atom is -0.267 e. The number of aliphatic imine (C=N–C) groups is 1. The van der Waals surface area contributed by atoms with Gasteiger partial charge in [-0.1, -0.05) is 78.9 Å². The summed E-state index contributed by atoms with van der Waals surface area (Å²) in [4.78, 5) is 28.5. The summed E-state index contributed by atoms with van der Waals surface area (Å²) in [5.41, 5.74) is 2.40. The molecule has 3 rings (SSSR count). The third-order valence-electron chi connectivity index (χ3n) is 3.68. The van der Waals surface area contributed by atoms with E-state index in [9.17, 15) is 9.59 Å². The van der Waals surface area contributed by atoms with Gasteiger partial charge in [-0.3, -0.25) is 4.79 Å². The van der Waals surface area contributed by atoms with Crippen LogP contribution in [0.15, 0.2) is 96.0 Å². The fraction of sp³-hybridized carbons (Fsp3) is 0. The SMILES string of the molecule is O=C=C(C(=NC(=O)c1ccccc1)c1ccccc1)c1ccccc1. The molecule has 3 aromatic rings. The molecule has 0 atom stereocenters. The van der Waals surface area contributed by atoms with Crippen LogP contribution in [0.25, 0.3) is 5.57 Å². The summed E-state index contributed by atoms with van der Waals surface area (Å²) < 4.78 is 0. The molecular weight excluding hydrogens is 310 g/mol. The van der Waals surface area contributed by atoms with Gasteiger partial charge in [0.25, 0.3) is 5.91 Å². The lowest BCUT2D eigenvalue weighted by Gasteiger charge is -2.08. The summed E-state index contributed by atoms with van der Waals surface area (Å²) in [5, 5.41) is 0. The number of benzene rings is 3. The standard InChI is InChI=1S/C22H15NO2/c24-16-20(17-10-4-1-5-11-17)21(18-12-6-2-7-13-18)23-22(25)19-14-8-3-9-15-19/h1-15H. The van der Waals surface area contributed by atoms with Crippen LogP contribution in [0.2, 0.25) is 0 Å². The van der Waals surface area contributed by atoms with Crippen molar-refractivity contribution in [1.82, 2.24) is 0 Å². The Labute approximate surface area is 146 Å². The highest BCUT2D eigenvalue weighted by atomic mass is 16.1. The first-order valence-electron chi connectivity index (χ1n) is 7.84. The van der Waals surface area contributed by atoms with E-state index in [1.54, 1.807) is 36.4 Å². The largest absolute Gasteiger partial charge is 0.277 e. The van der Waals surface area contributed by atoms with Gasteiger partial charge < -0.3 is 0 Å². The molecule has 0 N–H and O–H groups in total. The molecule has 0 saturated heterocycles. The quantitative estimate of drug-likeness (QED) is 0.532. The maximum atomic E-state index is 12.5. The number of hydrogen-bond acceptors (Lipinski definition) is 2. The van der Waals surface area contributed by atoms with E-state index in [2.05, 4.69) is 4.99 Å². The third kappa shape index (κ3) is 3.86. The molecule has 0 fully saturated rings. The van der Waals surface area contributed by atoms with Crippen molar-refractivity contribution in [3.8, 4) is 0 Å². The van der Waals surface area contributed by atoms with Crippen molar-refractivity contribution in [2.75, 3.05) is 0 Å². The van der Waals surface area contributed by atoms with Crippen molar-refractivity contribution >= 4 is 23.1 Å². The molecular formula is C22H15NO2. The van der Waals surface area contributed by atoms with Crippen LogP contribution in [0, 0.1) is 0 Å². The van der Waals surface area contributed by atoms with Gasteiger partial charge in [0.1, 0.15) is 5.94 Å². The summed E-state index contributed by atoms with van der Waals surface area (Å²) in [6.07, 6.45) is 0. The van der Waals surface area contributed by atoms with Crippen LogP contribution in [-0.2, 0) is 4.79 Å². The highest BCUT2D eigenvalue weighted by molar-refractivity contribution is 6.39. The molecule has 0 saturated carbocycles. The van der Waals surface area contributed by atoms with Gasteiger partial charge in [0.05, 0.1) is 11.3 Å². The minimum absolute atomic E-state index is 0.260. The number of rotatable bonds is 4. The summed E-state index contributed by atoms with van der Waals surface area (Å²) in [6, 6.07) is 27.1. The average molecular weight is 325 g/mol. The first kappa shape index (κ1) is 16.3. The van der Waals surface area contributed by atoms with Gasteiger partial charge in [0.15, 0.2) is 0 Å². The van der Waals surface area contributed by atoms with Gasteiger partial charge in [0.2, 0.25) is 0 Å². The van der Waals surface area contributed by atoms with E-state index >= 15 is 0 Å². The van der Waals surface area contributed by atoms with Gasteiger partial charge in [-0.25, -0.2) is 9.79 Å². The molecule has 0 spiro atoms. The fourth-order valence-corrected chi connectivity index (χ4v) is 2.46. The Kier molecular flexibility index (Phi) is 5.10. The van der Waals surface area contributed by atoms with Gasteiger partial charge in [-0.05, 0) is 17.7 Å². The second kappa shape index (κ2) is 7.82. The molecule has 0 aromatic heterocycles. The second-order valence-electron chi connectivity index (χ2n) is 5.34. The zero-order valence-corrected chi connectivity index (χ0v) is 13.4. The Morgan fingerprint density at radius 1 is 0.640 bits per heavy atom. The Bertz CT molecular complexity index is 939. The van der Waals surface area contributed by atoms with Gasteiger partial charge >= 0.3 is 0 Å². The number of allylic oxidation sites excluding steroid dienone is 1. The summed E-state index contributed by atoms with van der Waals surface area (Å²) in [7, 11) is 0. The van der Waals surface area contributed by atoms with Crippen molar-refractivity contribution in [3.05, 3.63) is 108 Å². The molecule has 0 unspecified atom stereocenters. The molecule has 25 heavy (non-hydrogen) atoms. The molecule has 0 bridgehead atoms. The predicted molar refractivity (Wildman–Crippen MR) is 99.3 cm³/mol. The van der Waals surface area contributed by atoms with Gasteiger partial charge in [0, 0.05) is 11.1 Å². The number of carbonyl (C=O) groups excluding carboxylic acids is 2. The van der Waals surface area contributed by atoms with E-state index in [0.717, 1.165) is 0 Å². The Morgan fingerprint density at radius 2 is 1.08 bits per heavy atom. The maximum Gasteiger partial charge on any atom is 0.277 e. The lowest BCUT2D eigenvalue weighted by atomic mass is 9.97. The lowest BCUT2D eigenvalue weighted by Crippen LogP contribution is -2.09. The van der Waals surface area contributed by atoms with E-state index in [1.165, 1.54) is 0 Å². The van der Waals surface area contributed by atoms with Crippen molar-refractivity contribution in [1.29, 1.82) is 0 Å². The molecule has 3 heteroatoms. The van der Waals surface area contributed by atoms with E-state index in [0.29, 0.717) is 22.4 Å². The van der Waals surface area contributed by atoms with Crippen molar-refractivity contribution in [2.45, 2.75) is 0 Å². The van der Waals surface area contributed by atoms with Crippen molar-refractivity contribution in [2.24, 2.45) is 4.99 Å². The highest BCUT2D eigenvalue weighted by Gasteiger charge is 2.16. The van der Waals surface area contributed by atoms with Crippen LogP contribution in [0.3, 0.4) is 0 Å². The molecule has 0 radical (unpaired) electrons. The lowest BCUT2D eigenvalue weighted by molar-refractivity contribution is 0.100. The van der Waals surface area contributed by atoms with Gasteiger partial charge in [-0.15, -0.1) is 0 Å². The maximum absolute atomic E-state index is 12.5. The number of carbonyl (C=O) groups is 1. The number of amides is 1. The number of nitrogens with zero attached hydrogens (tertiary/aromatic N) is 1. The predicted octanol–water partition coefficient (Wildman–Crippen LogP) is 4.23. The van der Waals surface area contributed by atoms with E-state index in [-0.39, 0.29) is 5.57 Å². The first-order valence-corrected chi connectivity index (χ1v) is 7.84. The molecule has 0 aliphatic carbocycles. The van der Waals surface area contributed by atoms with E-state index in [1.807, 2.05) is 60.5 Å². The monoisotopic (exact) mass is 325 g/mol. The highest BCUT2D eigenvalue weighted by Crippen LogP contribution is 2.19. The van der Waals surface area contributed by atoms with Crippen LogP contribution in [-0.4, -0.2) is 17.6 Å². The topological polar surface area (TPSA) is 46.5 Å². The summed E-state index contributed by atoms with van der Waals surface area (Å²) in [5.74, 6) is 1.56. The van der Waals surface area contributed by atoms with Crippen molar-refractivity contribution in [3.63, 3.8) is 0 Å². The fourth-order valence-electron chi connectivity index (χ4n) is 2.46. The zero-order chi connectivity index (χ0) is 17.5. The van der Waals surface area contributed by atoms with Gasteiger partial charge in [-0.2, -0.15) is 0 Å². The summed E-state index contributed by atoms with van der Waals surface area (Å²) in [6.45, 7) is 0. The zero-order valence-electron chi connectivity index (χ0n) is 13.4. The molecule has 3 nitrogen and oxygen atoms in total. The van der Waals surface area contributed by atoms with Crippen LogP contribution in [0.5, 0.6) is 0 Å². The smallest absolute Gasteiger partial charge is 0.267 e. The van der Waals surface area contributed by atoms with Crippen LogP contribution >= 0.6 is 0 Å². The summed E-state index contributed by atoms with van der Waals surface area (Å²) >= 11 is 0. The Balaban J connectivity index is 2.12. The first-order chi connectivity index (χ1) is 12.3. The molecule has 120 valence electrons. The molecule has 3 aromatic carbocycles. The van der Waals surface area contributed by atoms with E-state index < -0.39 is 5.91 Å². The molecule has 0 aliphatic rings. The molecule has 0 aliphatic heterocycles. The van der Waals surface area contributed by atoms with Crippen molar-refractivity contribution < 1.29 is 9.59 Å². The average Bonchev–Trinajstić information content (AvgIpc) is 2.70. The molecule has 1 amide bonds. The van der Waals surface area contributed by atoms with Crippen LogP contribution < -0.4 is 0 Å². The Morgan fingerprint density at radius 3 is 1.56 bits per heavy atom. The second-order valence-corrected chi connectivity index (χ2v) is 5.34. The van der Waals surface area contributed by atoms with E-state index in [4.69, 9.17) is 0 Å². The Hall–Kier alpha value is -3.55.